The van der Waals surface area contributed by atoms with E-state index in [2.05, 4.69) is 15.1 Å². The Kier molecular flexibility index (Phi) is 3.02. The van der Waals surface area contributed by atoms with Gasteiger partial charge in [0.25, 0.3) is 11.6 Å². The molecule has 21 heavy (non-hydrogen) atoms. The fourth-order valence-corrected chi connectivity index (χ4v) is 2.11. The maximum absolute atomic E-state index is 11.0. The summed E-state index contributed by atoms with van der Waals surface area (Å²) in [4.78, 5) is 18.9. The molecule has 0 aliphatic rings. The zero-order valence-electron chi connectivity index (χ0n) is 11.4. The summed E-state index contributed by atoms with van der Waals surface area (Å²) in [5, 5.41) is 13.0. The molecule has 0 fully saturated rings. The molecule has 0 amide bonds. The van der Waals surface area contributed by atoms with Gasteiger partial charge in [-0.15, -0.1) is 5.10 Å². The molecule has 2 aromatic heterocycles. The van der Waals surface area contributed by atoms with E-state index >= 15 is 0 Å². The van der Waals surface area contributed by atoms with Gasteiger partial charge in [0.05, 0.1) is 12.8 Å². The average molecular weight is 284 g/mol. The maximum Gasteiger partial charge on any atom is 0.375 e. The Morgan fingerprint density at radius 3 is 2.86 bits per heavy atom. The predicted octanol–water partition coefficient (Wildman–Crippen LogP) is 1.81. The molecule has 3 aromatic rings. The van der Waals surface area contributed by atoms with E-state index in [4.69, 9.17) is 9.84 Å². The minimum absolute atomic E-state index is 0.230. The van der Waals surface area contributed by atoms with Crippen molar-refractivity contribution in [3.63, 3.8) is 0 Å². The number of aromatic nitrogens is 4. The molecule has 0 aliphatic carbocycles. The highest BCUT2D eigenvalue weighted by Crippen LogP contribution is 2.30. The van der Waals surface area contributed by atoms with Gasteiger partial charge in [-0.1, -0.05) is 11.6 Å². The van der Waals surface area contributed by atoms with Gasteiger partial charge in [0, 0.05) is 11.8 Å². The monoisotopic (exact) mass is 284 g/mol. The number of hydrogen-bond donors (Lipinski definition) is 1. The fraction of sp³-hybridized carbons (Fsp3) is 0.143. The molecule has 7 heteroatoms. The van der Waals surface area contributed by atoms with Crippen LogP contribution >= 0.6 is 0 Å². The Morgan fingerprint density at radius 1 is 1.33 bits per heavy atom. The van der Waals surface area contributed by atoms with Crippen molar-refractivity contribution in [3.05, 3.63) is 41.9 Å². The number of ether oxygens (including phenoxy) is 1. The zero-order chi connectivity index (χ0) is 15.0. The van der Waals surface area contributed by atoms with Crippen LogP contribution in [0.15, 0.2) is 30.5 Å². The van der Waals surface area contributed by atoms with Crippen LogP contribution in [0.5, 0.6) is 5.75 Å². The molecule has 2 heterocycles. The molecule has 0 bridgehead atoms. The van der Waals surface area contributed by atoms with E-state index < -0.39 is 5.97 Å². The van der Waals surface area contributed by atoms with Gasteiger partial charge in [0.15, 0.2) is 0 Å². The number of hydrogen-bond acceptors (Lipinski definition) is 5. The number of carboxylic acid groups (broad SMARTS) is 1. The quantitative estimate of drug-likeness (QED) is 0.788. The van der Waals surface area contributed by atoms with Crippen LogP contribution in [0.1, 0.15) is 16.2 Å². The van der Waals surface area contributed by atoms with Gasteiger partial charge in [-0.2, -0.15) is 9.50 Å². The SMILES string of the molecule is COc1ccc(C)cc1-c1ccnc2nc(C(=O)O)nn12. The van der Waals surface area contributed by atoms with Crippen molar-refractivity contribution in [2.24, 2.45) is 0 Å². The first-order valence-electron chi connectivity index (χ1n) is 6.20. The number of rotatable bonds is 3. The second-order valence-corrected chi connectivity index (χ2v) is 4.49. The van der Waals surface area contributed by atoms with Crippen LogP contribution in [0.3, 0.4) is 0 Å². The van der Waals surface area contributed by atoms with Crippen LogP contribution in [0.4, 0.5) is 0 Å². The molecule has 0 aliphatic heterocycles. The second-order valence-electron chi connectivity index (χ2n) is 4.49. The topological polar surface area (TPSA) is 89.6 Å². The molecular weight excluding hydrogens is 272 g/mol. The normalized spacial score (nSPS) is 10.8. The van der Waals surface area contributed by atoms with Crippen molar-refractivity contribution in [1.82, 2.24) is 19.6 Å². The Labute approximate surface area is 119 Å². The Hall–Kier alpha value is -2.96. The molecule has 0 saturated carbocycles. The summed E-state index contributed by atoms with van der Waals surface area (Å²) in [5.41, 5.74) is 2.52. The van der Waals surface area contributed by atoms with E-state index in [0.29, 0.717) is 11.4 Å². The predicted molar refractivity (Wildman–Crippen MR) is 74.5 cm³/mol. The van der Waals surface area contributed by atoms with Crippen molar-refractivity contribution >= 4 is 11.7 Å². The van der Waals surface area contributed by atoms with E-state index in [0.717, 1.165) is 11.1 Å². The number of carbonyl (C=O) groups is 1. The molecule has 1 N–H and O–H groups in total. The third-order valence-electron chi connectivity index (χ3n) is 3.06. The summed E-state index contributed by atoms with van der Waals surface area (Å²) in [6.45, 7) is 1.96. The summed E-state index contributed by atoms with van der Waals surface area (Å²) >= 11 is 0. The second kappa shape index (κ2) is 4.86. The number of fused-ring (bicyclic) bond motifs is 1. The molecule has 3 rings (SSSR count). The number of methoxy groups -OCH3 is 1. The molecule has 0 radical (unpaired) electrons. The molecule has 0 atom stereocenters. The van der Waals surface area contributed by atoms with Crippen LogP contribution in [-0.2, 0) is 0 Å². The minimum Gasteiger partial charge on any atom is -0.496 e. The van der Waals surface area contributed by atoms with Gasteiger partial charge in [-0.25, -0.2) is 9.78 Å². The van der Waals surface area contributed by atoms with E-state index in [-0.39, 0.29) is 11.6 Å². The molecule has 7 nitrogen and oxygen atoms in total. The lowest BCUT2D eigenvalue weighted by Crippen LogP contribution is -2.01. The third-order valence-corrected chi connectivity index (χ3v) is 3.06. The van der Waals surface area contributed by atoms with Gasteiger partial charge >= 0.3 is 5.97 Å². The number of benzene rings is 1. The van der Waals surface area contributed by atoms with Gasteiger partial charge in [-0.05, 0) is 25.1 Å². The van der Waals surface area contributed by atoms with E-state index in [9.17, 15) is 4.79 Å². The first-order valence-corrected chi connectivity index (χ1v) is 6.20. The Morgan fingerprint density at radius 2 is 2.14 bits per heavy atom. The standard InChI is InChI=1S/C14H12N4O3/c1-8-3-4-11(21-2)9(7-8)10-5-6-15-14-16-12(13(19)20)17-18(10)14/h3-7H,1-2H3,(H,19,20). The van der Waals surface area contributed by atoms with Crippen molar-refractivity contribution in [1.29, 1.82) is 0 Å². The third kappa shape index (κ3) is 2.18. The lowest BCUT2D eigenvalue weighted by atomic mass is 10.1. The van der Waals surface area contributed by atoms with Gasteiger partial charge in [0.1, 0.15) is 5.75 Å². The number of aryl methyl sites for hydroxylation is 1. The van der Waals surface area contributed by atoms with E-state index in [1.165, 1.54) is 4.52 Å². The number of nitrogens with zero attached hydrogens (tertiary/aromatic N) is 4. The Balaban J connectivity index is 2.30. The summed E-state index contributed by atoms with van der Waals surface area (Å²) in [6.07, 6.45) is 1.56. The van der Waals surface area contributed by atoms with E-state index in [1.807, 2.05) is 25.1 Å². The minimum atomic E-state index is -1.19. The molecule has 106 valence electrons. The summed E-state index contributed by atoms with van der Waals surface area (Å²) < 4.78 is 6.76. The summed E-state index contributed by atoms with van der Waals surface area (Å²) in [5.74, 6) is -0.585. The first kappa shape index (κ1) is 13.0. The van der Waals surface area contributed by atoms with Crippen LogP contribution in [0.2, 0.25) is 0 Å². The Bertz CT molecular complexity index is 841. The van der Waals surface area contributed by atoms with E-state index in [1.54, 1.807) is 19.4 Å². The fourth-order valence-electron chi connectivity index (χ4n) is 2.11. The smallest absolute Gasteiger partial charge is 0.375 e. The van der Waals surface area contributed by atoms with Crippen molar-refractivity contribution in [3.8, 4) is 17.0 Å². The van der Waals surface area contributed by atoms with Gasteiger partial charge in [0.2, 0.25) is 0 Å². The molecule has 0 spiro atoms. The average Bonchev–Trinajstić information content (AvgIpc) is 2.91. The highest BCUT2D eigenvalue weighted by Gasteiger charge is 2.16. The molecular formula is C14H12N4O3. The highest BCUT2D eigenvalue weighted by atomic mass is 16.5. The van der Waals surface area contributed by atoms with Crippen LogP contribution in [0.25, 0.3) is 17.0 Å². The van der Waals surface area contributed by atoms with Gasteiger partial charge < -0.3 is 9.84 Å². The first-order chi connectivity index (χ1) is 10.1. The number of aromatic carboxylic acids is 1. The lowest BCUT2D eigenvalue weighted by Gasteiger charge is -2.10. The lowest BCUT2D eigenvalue weighted by molar-refractivity contribution is 0.0684. The molecule has 0 saturated heterocycles. The van der Waals surface area contributed by atoms with Crippen molar-refractivity contribution in [2.45, 2.75) is 6.92 Å². The molecule has 1 aromatic carbocycles. The molecule has 0 unspecified atom stereocenters. The van der Waals surface area contributed by atoms with Crippen LogP contribution < -0.4 is 4.74 Å². The van der Waals surface area contributed by atoms with Crippen LogP contribution in [0, 0.1) is 6.92 Å². The largest absolute Gasteiger partial charge is 0.496 e. The van der Waals surface area contributed by atoms with Crippen molar-refractivity contribution < 1.29 is 14.6 Å². The van der Waals surface area contributed by atoms with Crippen molar-refractivity contribution in [2.75, 3.05) is 7.11 Å². The van der Waals surface area contributed by atoms with Crippen LogP contribution in [-0.4, -0.2) is 37.8 Å². The summed E-state index contributed by atoms with van der Waals surface area (Å²) in [7, 11) is 1.58. The zero-order valence-corrected chi connectivity index (χ0v) is 11.4. The van der Waals surface area contributed by atoms with Gasteiger partial charge in [-0.3, -0.25) is 0 Å². The summed E-state index contributed by atoms with van der Waals surface area (Å²) in [6, 6.07) is 7.47. The number of carboxylic acids is 1. The maximum atomic E-state index is 11.0. The highest BCUT2D eigenvalue weighted by molar-refractivity contribution is 5.83.